The highest BCUT2D eigenvalue weighted by Gasteiger charge is 2.51. The molecule has 0 aliphatic carbocycles. The summed E-state index contributed by atoms with van der Waals surface area (Å²) in [5.41, 5.74) is -1.18. The van der Waals surface area contributed by atoms with Gasteiger partial charge >= 0.3 is 6.09 Å². The molecule has 2 amide bonds. The smallest absolute Gasteiger partial charge is 0.417 e. The third-order valence-corrected chi connectivity index (χ3v) is 2.76. The van der Waals surface area contributed by atoms with Gasteiger partial charge in [-0.2, -0.15) is 0 Å². The van der Waals surface area contributed by atoms with Gasteiger partial charge in [0.15, 0.2) is 0 Å². The third kappa shape index (κ3) is 2.43. The first-order valence-corrected chi connectivity index (χ1v) is 5.35. The second-order valence-corrected chi connectivity index (χ2v) is 5.28. The normalized spacial score (nSPS) is 26.2. The zero-order valence-corrected chi connectivity index (χ0v) is 10.2. The number of amides is 2. The number of β-lactam (4-membered cyclic amide) rings is 1. The average molecular weight is 234 g/mol. The minimum Gasteiger partial charge on any atom is -0.443 e. The Balaban J connectivity index is 2.71. The summed E-state index contributed by atoms with van der Waals surface area (Å²) in [6.45, 7) is 7.04. The number of imide groups is 1. The Morgan fingerprint density at radius 3 is 2.47 bits per heavy atom. The van der Waals surface area contributed by atoms with Crippen molar-refractivity contribution in [2.24, 2.45) is 0 Å². The van der Waals surface area contributed by atoms with Gasteiger partial charge in [-0.1, -0.05) is 0 Å². The van der Waals surface area contributed by atoms with Crippen LogP contribution in [-0.4, -0.2) is 33.9 Å². The van der Waals surface area contributed by atoms with Gasteiger partial charge in [0.2, 0.25) is 5.91 Å². The molecule has 1 heterocycles. The molecule has 1 atom stereocenters. The molecule has 0 aromatic carbocycles. The number of rotatable bonds is 1. The molecule has 1 aliphatic heterocycles. The number of hydrogen-bond donors (Lipinski definition) is 0. The molecule has 1 aliphatic rings. The average Bonchev–Trinajstić information content (AvgIpc) is 1.98. The van der Waals surface area contributed by atoms with Crippen LogP contribution < -0.4 is 0 Å². The first-order chi connectivity index (χ1) is 6.69. The zero-order chi connectivity index (χ0) is 11.9. The van der Waals surface area contributed by atoms with Crippen LogP contribution >= 0.6 is 11.6 Å². The lowest BCUT2D eigenvalue weighted by molar-refractivity contribution is -0.150. The SMILES string of the molecule is CC(C)(C)OC(=O)N1C(=O)C[C@]1(C)CCl. The maximum Gasteiger partial charge on any atom is 0.417 e. The molecule has 86 valence electrons. The van der Waals surface area contributed by atoms with Gasteiger partial charge in [-0.15, -0.1) is 11.6 Å². The molecule has 5 heteroatoms. The molecule has 0 bridgehead atoms. The molecule has 0 unspecified atom stereocenters. The van der Waals surface area contributed by atoms with Crippen molar-refractivity contribution in [2.75, 3.05) is 5.88 Å². The lowest BCUT2D eigenvalue weighted by Crippen LogP contribution is -2.65. The monoisotopic (exact) mass is 233 g/mol. The van der Waals surface area contributed by atoms with Crippen LogP contribution in [0.1, 0.15) is 34.1 Å². The lowest BCUT2D eigenvalue weighted by atomic mass is 9.88. The predicted molar refractivity (Wildman–Crippen MR) is 56.8 cm³/mol. The minimum absolute atomic E-state index is 0.229. The Labute approximate surface area is 94.5 Å². The fourth-order valence-corrected chi connectivity index (χ4v) is 1.64. The van der Waals surface area contributed by atoms with Gasteiger partial charge in [-0.05, 0) is 27.7 Å². The highest BCUT2D eigenvalue weighted by Crippen LogP contribution is 2.34. The van der Waals surface area contributed by atoms with Gasteiger partial charge < -0.3 is 4.74 Å². The van der Waals surface area contributed by atoms with E-state index >= 15 is 0 Å². The maximum atomic E-state index is 11.7. The molecule has 15 heavy (non-hydrogen) atoms. The molecule has 0 spiro atoms. The van der Waals surface area contributed by atoms with Crippen LogP contribution in [0.2, 0.25) is 0 Å². The lowest BCUT2D eigenvalue weighted by Gasteiger charge is -2.46. The van der Waals surface area contributed by atoms with E-state index in [1.807, 2.05) is 0 Å². The Morgan fingerprint density at radius 1 is 1.60 bits per heavy atom. The largest absolute Gasteiger partial charge is 0.443 e. The summed E-state index contributed by atoms with van der Waals surface area (Å²) >= 11 is 5.72. The van der Waals surface area contributed by atoms with Crippen molar-refractivity contribution in [3.63, 3.8) is 0 Å². The molecule has 0 aromatic heterocycles. The van der Waals surface area contributed by atoms with E-state index in [0.717, 1.165) is 4.90 Å². The number of halogens is 1. The molecule has 0 aromatic rings. The van der Waals surface area contributed by atoms with Crippen molar-refractivity contribution in [2.45, 2.75) is 45.3 Å². The summed E-state index contributed by atoms with van der Waals surface area (Å²) < 4.78 is 5.12. The van der Waals surface area contributed by atoms with Gasteiger partial charge in [0.1, 0.15) is 5.60 Å². The van der Waals surface area contributed by atoms with Crippen molar-refractivity contribution in [3.05, 3.63) is 0 Å². The Hall–Kier alpha value is -0.770. The molecule has 0 saturated carbocycles. The topological polar surface area (TPSA) is 46.6 Å². The Kier molecular flexibility index (Phi) is 3.01. The van der Waals surface area contributed by atoms with Crippen molar-refractivity contribution in [1.29, 1.82) is 0 Å². The molecular weight excluding hydrogens is 218 g/mol. The molecule has 1 saturated heterocycles. The van der Waals surface area contributed by atoms with E-state index in [-0.39, 0.29) is 11.8 Å². The molecular formula is C10H16ClNO3. The van der Waals surface area contributed by atoms with Crippen molar-refractivity contribution in [1.82, 2.24) is 4.90 Å². The maximum absolute atomic E-state index is 11.7. The minimum atomic E-state index is -0.609. The van der Waals surface area contributed by atoms with Crippen LogP contribution in [0.25, 0.3) is 0 Å². The summed E-state index contributed by atoms with van der Waals surface area (Å²) in [5.74, 6) is 0.00485. The van der Waals surface area contributed by atoms with Crippen LogP contribution in [-0.2, 0) is 9.53 Å². The van der Waals surface area contributed by atoms with Crippen LogP contribution in [0.5, 0.6) is 0 Å². The summed E-state index contributed by atoms with van der Waals surface area (Å²) in [4.78, 5) is 24.1. The Bertz CT molecular complexity index is 298. The number of likely N-dealkylation sites (tertiary alicyclic amines) is 1. The van der Waals surface area contributed by atoms with Gasteiger partial charge in [0.05, 0.1) is 12.0 Å². The van der Waals surface area contributed by atoms with Gasteiger partial charge in [-0.25, -0.2) is 9.69 Å². The molecule has 0 radical (unpaired) electrons. The number of hydrogen-bond acceptors (Lipinski definition) is 3. The summed E-state index contributed by atoms with van der Waals surface area (Å²) in [5, 5.41) is 0. The number of ether oxygens (including phenoxy) is 1. The Morgan fingerprint density at radius 2 is 2.13 bits per heavy atom. The first kappa shape index (κ1) is 12.3. The molecule has 1 fully saturated rings. The van der Waals surface area contributed by atoms with E-state index < -0.39 is 17.2 Å². The van der Waals surface area contributed by atoms with Gasteiger partial charge in [-0.3, -0.25) is 4.79 Å². The standard InChI is InChI=1S/C10H16ClNO3/c1-9(2,3)15-8(14)12-7(13)5-10(12,4)6-11/h5-6H2,1-4H3/t10-/m1/s1. The van der Waals surface area contributed by atoms with Crippen LogP contribution in [0.15, 0.2) is 0 Å². The molecule has 0 N–H and O–H groups in total. The first-order valence-electron chi connectivity index (χ1n) is 4.82. The van der Waals surface area contributed by atoms with Crippen molar-refractivity contribution in [3.8, 4) is 0 Å². The van der Waals surface area contributed by atoms with Crippen molar-refractivity contribution < 1.29 is 14.3 Å². The summed E-state index contributed by atoms with van der Waals surface area (Å²) in [7, 11) is 0. The highest BCUT2D eigenvalue weighted by atomic mass is 35.5. The third-order valence-electron chi connectivity index (χ3n) is 2.19. The van der Waals surface area contributed by atoms with Gasteiger partial charge in [0, 0.05) is 5.88 Å². The van der Waals surface area contributed by atoms with Crippen LogP contribution in [0.3, 0.4) is 0 Å². The molecule has 4 nitrogen and oxygen atoms in total. The second kappa shape index (κ2) is 3.67. The quantitative estimate of drug-likeness (QED) is 0.515. The van der Waals surface area contributed by atoms with E-state index in [1.54, 1.807) is 27.7 Å². The number of carbonyl (C=O) groups excluding carboxylic acids is 2. The fourth-order valence-electron chi connectivity index (χ4n) is 1.43. The predicted octanol–water partition coefficient (Wildman–Crippen LogP) is 2.15. The summed E-state index contributed by atoms with van der Waals surface area (Å²) in [6.07, 6.45) is -0.308. The van der Waals surface area contributed by atoms with E-state index in [4.69, 9.17) is 16.3 Å². The van der Waals surface area contributed by atoms with E-state index in [9.17, 15) is 9.59 Å². The van der Waals surface area contributed by atoms with E-state index in [0.29, 0.717) is 6.42 Å². The highest BCUT2D eigenvalue weighted by molar-refractivity contribution is 6.20. The number of alkyl halides is 1. The van der Waals surface area contributed by atoms with Crippen molar-refractivity contribution >= 4 is 23.6 Å². The van der Waals surface area contributed by atoms with Crippen LogP contribution in [0, 0.1) is 0 Å². The second-order valence-electron chi connectivity index (χ2n) is 5.02. The number of carbonyl (C=O) groups is 2. The van der Waals surface area contributed by atoms with E-state index in [1.165, 1.54) is 0 Å². The zero-order valence-electron chi connectivity index (χ0n) is 9.46. The molecule has 1 rings (SSSR count). The summed E-state index contributed by atoms with van der Waals surface area (Å²) in [6, 6.07) is 0. The van der Waals surface area contributed by atoms with Crippen LogP contribution in [0.4, 0.5) is 4.79 Å². The number of nitrogens with zero attached hydrogens (tertiary/aromatic N) is 1. The fraction of sp³-hybridized carbons (Fsp3) is 0.800. The van der Waals surface area contributed by atoms with Gasteiger partial charge in [0.25, 0.3) is 0 Å². The van der Waals surface area contributed by atoms with E-state index in [2.05, 4.69) is 0 Å².